The molecule has 0 amide bonds. The predicted molar refractivity (Wildman–Crippen MR) is 87.9 cm³/mol. The van der Waals surface area contributed by atoms with Gasteiger partial charge in [0.15, 0.2) is 10.9 Å². The van der Waals surface area contributed by atoms with Gasteiger partial charge in [0.2, 0.25) is 0 Å². The maximum absolute atomic E-state index is 12.3. The number of nitrogens with zero attached hydrogens (tertiary/aromatic N) is 2. The molecule has 0 saturated heterocycles. The Morgan fingerprint density at radius 3 is 2.76 bits per heavy atom. The lowest BCUT2D eigenvalue weighted by atomic mass is 10.1. The number of rotatable bonds is 4. The summed E-state index contributed by atoms with van der Waals surface area (Å²) in [6, 6.07) is 11.1. The molecule has 0 saturated carbocycles. The summed E-state index contributed by atoms with van der Waals surface area (Å²) in [6.45, 7) is 1.86. The van der Waals surface area contributed by atoms with Gasteiger partial charge < -0.3 is 5.73 Å². The van der Waals surface area contributed by atoms with Gasteiger partial charge in [0, 0.05) is 5.56 Å². The molecular weight excluding hydrogens is 302 g/mol. The van der Waals surface area contributed by atoms with Crippen molar-refractivity contribution >= 4 is 44.9 Å². The van der Waals surface area contributed by atoms with E-state index >= 15 is 0 Å². The smallest absolute Gasteiger partial charge is 0.191 e. The molecule has 0 fully saturated rings. The molecule has 1 unspecified atom stereocenters. The van der Waals surface area contributed by atoms with E-state index in [4.69, 9.17) is 5.73 Å². The van der Waals surface area contributed by atoms with Gasteiger partial charge in [-0.3, -0.25) is 4.79 Å². The number of fused-ring (bicyclic) bond motifs is 1. The molecule has 2 N–H and O–H groups in total. The Hall–Kier alpha value is -1.92. The first-order valence-electron chi connectivity index (χ1n) is 6.42. The van der Waals surface area contributed by atoms with Gasteiger partial charge in [-0.15, -0.1) is 11.3 Å². The first kappa shape index (κ1) is 14.0. The summed E-state index contributed by atoms with van der Waals surface area (Å²) in [5, 5.41) is 3.08. The fraction of sp³-hybridized carbons (Fsp3) is 0.133. The van der Waals surface area contributed by atoms with Crippen LogP contribution in [0.4, 0.5) is 5.82 Å². The second-order valence-corrected chi connectivity index (χ2v) is 6.72. The van der Waals surface area contributed by atoms with Crippen molar-refractivity contribution in [2.75, 3.05) is 5.73 Å². The number of thioether (sulfide) groups is 1. The molecule has 0 aliphatic carbocycles. The maximum atomic E-state index is 12.3. The molecule has 0 aliphatic heterocycles. The van der Waals surface area contributed by atoms with Gasteiger partial charge in [0.05, 0.1) is 10.6 Å². The third kappa shape index (κ3) is 2.91. The number of Topliss-reactive ketones (excluding diaryl/α,β-unsaturated/α-hetero) is 1. The molecule has 106 valence electrons. The molecule has 3 rings (SSSR count). The van der Waals surface area contributed by atoms with E-state index in [0.717, 1.165) is 10.2 Å². The Labute approximate surface area is 130 Å². The summed E-state index contributed by atoms with van der Waals surface area (Å²) in [4.78, 5) is 21.9. The Morgan fingerprint density at radius 1 is 1.24 bits per heavy atom. The topological polar surface area (TPSA) is 68.9 Å². The monoisotopic (exact) mass is 315 g/mol. The summed E-state index contributed by atoms with van der Waals surface area (Å²) in [5.74, 6) is 0.525. The Balaban J connectivity index is 1.83. The predicted octanol–water partition coefficient (Wildman–Crippen LogP) is 3.64. The van der Waals surface area contributed by atoms with Gasteiger partial charge in [-0.1, -0.05) is 42.1 Å². The van der Waals surface area contributed by atoms with Crippen LogP contribution in [-0.4, -0.2) is 21.0 Å². The molecule has 1 aromatic carbocycles. The second-order valence-electron chi connectivity index (χ2n) is 4.52. The van der Waals surface area contributed by atoms with Crippen molar-refractivity contribution in [2.45, 2.75) is 17.3 Å². The third-order valence-electron chi connectivity index (χ3n) is 3.04. The molecule has 0 spiro atoms. The highest BCUT2D eigenvalue weighted by Crippen LogP contribution is 2.29. The van der Waals surface area contributed by atoms with Gasteiger partial charge in [0.25, 0.3) is 0 Å². The summed E-state index contributed by atoms with van der Waals surface area (Å²) in [5.41, 5.74) is 6.62. The van der Waals surface area contributed by atoms with Gasteiger partial charge >= 0.3 is 0 Å². The number of hydrogen-bond acceptors (Lipinski definition) is 6. The Kier molecular flexibility index (Phi) is 3.90. The standard InChI is InChI=1S/C15H13N3OS2/c1-9(12(19)10-5-3-2-4-6-10)21-15-17-13(16)11-7-8-20-14(11)18-15/h2-9H,1H3,(H2,16,17,18). The molecule has 3 aromatic rings. The zero-order valence-electron chi connectivity index (χ0n) is 11.3. The number of carbonyl (C=O) groups excluding carboxylic acids is 1. The van der Waals surface area contributed by atoms with Gasteiger partial charge in [-0.05, 0) is 18.4 Å². The van der Waals surface area contributed by atoms with E-state index in [2.05, 4.69) is 9.97 Å². The van der Waals surface area contributed by atoms with Crippen molar-refractivity contribution in [1.82, 2.24) is 9.97 Å². The lowest BCUT2D eigenvalue weighted by Gasteiger charge is -2.09. The van der Waals surface area contributed by atoms with Crippen molar-refractivity contribution in [1.29, 1.82) is 0 Å². The van der Waals surface area contributed by atoms with Crippen LogP contribution in [0.3, 0.4) is 0 Å². The molecule has 0 radical (unpaired) electrons. The molecule has 21 heavy (non-hydrogen) atoms. The zero-order chi connectivity index (χ0) is 14.8. The van der Waals surface area contributed by atoms with Crippen LogP contribution in [0.15, 0.2) is 46.9 Å². The number of carbonyl (C=O) groups is 1. The molecule has 2 aromatic heterocycles. The van der Waals surface area contributed by atoms with E-state index < -0.39 is 0 Å². The lowest BCUT2D eigenvalue weighted by molar-refractivity contribution is 0.0994. The molecule has 0 bridgehead atoms. The Bertz CT molecular complexity index is 786. The van der Waals surface area contributed by atoms with E-state index in [1.54, 1.807) is 0 Å². The number of anilines is 1. The van der Waals surface area contributed by atoms with Crippen LogP contribution in [0, 0.1) is 0 Å². The first-order chi connectivity index (χ1) is 10.1. The molecule has 6 heteroatoms. The number of hydrogen-bond donors (Lipinski definition) is 1. The first-order valence-corrected chi connectivity index (χ1v) is 8.17. The molecule has 4 nitrogen and oxygen atoms in total. The van der Waals surface area contributed by atoms with Gasteiger partial charge in [-0.2, -0.15) is 0 Å². The quantitative estimate of drug-likeness (QED) is 0.452. The van der Waals surface area contributed by atoms with E-state index in [-0.39, 0.29) is 11.0 Å². The number of ketones is 1. The highest BCUT2D eigenvalue weighted by Gasteiger charge is 2.18. The van der Waals surface area contributed by atoms with Crippen molar-refractivity contribution in [2.24, 2.45) is 0 Å². The van der Waals surface area contributed by atoms with Crippen molar-refractivity contribution < 1.29 is 4.79 Å². The zero-order valence-corrected chi connectivity index (χ0v) is 12.9. The molecule has 2 heterocycles. The van der Waals surface area contributed by atoms with E-state index in [9.17, 15) is 4.79 Å². The van der Waals surface area contributed by atoms with Crippen LogP contribution >= 0.6 is 23.1 Å². The average molecular weight is 315 g/mol. The fourth-order valence-electron chi connectivity index (χ4n) is 1.96. The van der Waals surface area contributed by atoms with Crippen LogP contribution in [-0.2, 0) is 0 Å². The number of benzene rings is 1. The van der Waals surface area contributed by atoms with E-state index in [0.29, 0.717) is 16.5 Å². The third-order valence-corrected chi connectivity index (χ3v) is 4.81. The van der Waals surface area contributed by atoms with Crippen molar-refractivity contribution in [3.05, 3.63) is 47.3 Å². The summed E-state index contributed by atoms with van der Waals surface area (Å²) < 4.78 is 0. The highest BCUT2D eigenvalue weighted by atomic mass is 32.2. The number of thiophene rings is 1. The Morgan fingerprint density at radius 2 is 2.00 bits per heavy atom. The number of aromatic nitrogens is 2. The van der Waals surface area contributed by atoms with Gasteiger partial charge in [0.1, 0.15) is 10.6 Å². The van der Waals surface area contributed by atoms with E-state index in [1.807, 2.05) is 48.7 Å². The second kappa shape index (κ2) is 5.83. The normalized spacial score (nSPS) is 12.4. The lowest BCUT2D eigenvalue weighted by Crippen LogP contribution is -2.14. The summed E-state index contributed by atoms with van der Waals surface area (Å²) >= 11 is 2.85. The van der Waals surface area contributed by atoms with Crippen molar-refractivity contribution in [3.63, 3.8) is 0 Å². The summed E-state index contributed by atoms with van der Waals surface area (Å²) in [7, 11) is 0. The minimum atomic E-state index is -0.260. The fourth-order valence-corrected chi connectivity index (χ4v) is 3.64. The van der Waals surface area contributed by atoms with E-state index in [1.165, 1.54) is 23.1 Å². The van der Waals surface area contributed by atoms with Crippen LogP contribution in [0.2, 0.25) is 0 Å². The van der Waals surface area contributed by atoms with Crippen LogP contribution in [0.25, 0.3) is 10.2 Å². The van der Waals surface area contributed by atoms with Crippen molar-refractivity contribution in [3.8, 4) is 0 Å². The molecular formula is C15H13N3OS2. The van der Waals surface area contributed by atoms with Crippen LogP contribution in [0.5, 0.6) is 0 Å². The minimum Gasteiger partial charge on any atom is -0.383 e. The maximum Gasteiger partial charge on any atom is 0.191 e. The highest BCUT2D eigenvalue weighted by molar-refractivity contribution is 8.00. The SMILES string of the molecule is CC(Sc1nc(N)c2ccsc2n1)C(=O)c1ccccc1. The molecule has 1 atom stereocenters. The average Bonchev–Trinajstić information content (AvgIpc) is 2.96. The largest absolute Gasteiger partial charge is 0.383 e. The van der Waals surface area contributed by atoms with Crippen LogP contribution in [0.1, 0.15) is 17.3 Å². The number of nitrogens with two attached hydrogens (primary N) is 1. The van der Waals surface area contributed by atoms with Gasteiger partial charge in [-0.25, -0.2) is 9.97 Å². The minimum absolute atomic E-state index is 0.0639. The molecule has 0 aliphatic rings. The van der Waals surface area contributed by atoms with Crippen LogP contribution < -0.4 is 5.73 Å². The number of nitrogen functional groups attached to an aromatic ring is 1. The summed E-state index contributed by atoms with van der Waals surface area (Å²) in [6.07, 6.45) is 0.